The molecular weight excluding hydrogens is 421 g/mol. The van der Waals surface area contributed by atoms with Crippen molar-refractivity contribution in [3.8, 4) is 0 Å². The van der Waals surface area contributed by atoms with E-state index in [4.69, 9.17) is 23.2 Å². The number of aliphatic hydroxyl groups excluding tert-OH is 1. The molecule has 1 unspecified atom stereocenters. The normalized spacial score (nSPS) is 13.1. The molecule has 0 fully saturated rings. The lowest BCUT2D eigenvalue weighted by Crippen LogP contribution is -2.23. The van der Waals surface area contributed by atoms with Crippen LogP contribution in [0.5, 0.6) is 0 Å². The van der Waals surface area contributed by atoms with Gasteiger partial charge in [-0.2, -0.15) is 11.3 Å². The van der Waals surface area contributed by atoms with Crippen LogP contribution in [0.2, 0.25) is 10.0 Å². The van der Waals surface area contributed by atoms with Crippen LogP contribution in [-0.2, 0) is 16.6 Å². The Labute approximate surface area is 163 Å². The maximum absolute atomic E-state index is 12.4. The molecule has 0 bridgehead atoms. The first-order chi connectivity index (χ1) is 11.9. The number of thiophene rings is 2. The average molecular weight is 434 g/mol. The van der Waals surface area contributed by atoms with E-state index in [-0.39, 0.29) is 16.5 Å². The molecule has 2 aromatic heterocycles. The van der Waals surface area contributed by atoms with Gasteiger partial charge in [0, 0.05) is 21.3 Å². The highest BCUT2D eigenvalue weighted by Gasteiger charge is 2.19. The number of hydrogen-bond acceptors (Lipinski definition) is 5. The van der Waals surface area contributed by atoms with Gasteiger partial charge in [-0.05, 0) is 52.7 Å². The molecule has 0 amide bonds. The first-order valence-electron chi connectivity index (χ1n) is 7.10. The first-order valence-corrected chi connectivity index (χ1v) is 11.1. The summed E-state index contributed by atoms with van der Waals surface area (Å²) < 4.78 is 27.3. The van der Waals surface area contributed by atoms with Crippen LogP contribution in [0.15, 0.2) is 52.1 Å². The molecular formula is C16H13Cl2NO3S3. The van der Waals surface area contributed by atoms with E-state index in [1.54, 1.807) is 12.1 Å². The molecule has 25 heavy (non-hydrogen) atoms. The molecule has 0 spiro atoms. The van der Waals surface area contributed by atoms with Crippen LogP contribution in [-0.4, -0.2) is 13.5 Å². The molecule has 9 heteroatoms. The predicted octanol–water partition coefficient (Wildman–Crippen LogP) is 4.68. The van der Waals surface area contributed by atoms with Crippen LogP contribution < -0.4 is 4.72 Å². The minimum Gasteiger partial charge on any atom is -0.383 e. The lowest BCUT2D eigenvalue weighted by molar-refractivity contribution is 0.224. The standard InChI is InChI=1S/C16H13Cl2NO3S3/c17-11-1-3-13(18)15(7-11)25(21,22)19-8-12-2-4-14(24-12)16(20)10-5-6-23-9-10/h1-7,9,16,19-20H,8H2. The van der Waals surface area contributed by atoms with E-state index in [9.17, 15) is 13.5 Å². The van der Waals surface area contributed by atoms with Gasteiger partial charge in [-0.1, -0.05) is 23.2 Å². The summed E-state index contributed by atoms with van der Waals surface area (Å²) in [7, 11) is -3.79. The molecule has 2 N–H and O–H groups in total. The molecule has 0 saturated carbocycles. The largest absolute Gasteiger partial charge is 0.383 e. The van der Waals surface area contributed by atoms with Crippen LogP contribution in [0.3, 0.4) is 0 Å². The third kappa shape index (κ3) is 4.43. The van der Waals surface area contributed by atoms with Gasteiger partial charge < -0.3 is 5.11 Å². The fraction of sp³-hybridized carbons (Fsp3) is 0.125. The Morgan fingerprint density at radius 3 is 2.68 bits per heavy atom. The zero-order chi connectivity index (χ0) is 18.0. The van der Waals surface area contributed by atoms with Gasteiger partial charge in [0.05, 0.1) is 5.02 Å². The number of hydrogen-bond donors (Lipinski definition) is 2. The minimum atomic E-state index is -3.79. The number of aliphatic hydroxyl groups is 1. The van der Waals surface area contributed by atoms with Crippen molar-refractivity contribution in [3.63, 3.8) is 0 Å². The van der Waals surface area contributed by atoms with E-state index in [2.05, 4.69) is 4.72 Å². The molecule has 0 radical (unpaired) electrons. The summed E-state index contributed by atoms with van der Waals surface area (Å²) in [6.07, 6.45) is -0.705. The topological polar surface area (TPSA) is 66.4 Å². The third-order valence-corrected chi connectivity index (χ3v) is 7.39. The summed E-state index contributed by atoms with van der Waals surface area (Å²) in [5.41, 5.74) is 0.824. The van der Waals surface area contributed by atoms with E-state index in [0.29, 0.717) is 5.02 Å². The zero-order valence-electron chi connectivity index (χ0n) is 12.6. The van der Waals surface area contributed by atoms with Crippen molar-refractivity contribution in [1.82, 2.24) is 4.72 Å². The van der Waals surface area contributed by atoms with Gasteiger partial charge in [0.1, 0.15) is 11.0 Å². The summed E-state index contributed by atoms with van der Waals surface area (Å²) in [4.78, 5) is 1.48. The summed E-state index contributed by atoms with van der Waals surface area (Å²) in [6, 6.07) is 9.73. The monoisotopic (exact) mass is 433 g/mol. The molecule has 1 atom stereocenters. The van der Waals surface area contributed by atoms with E-state index in [1.807, 2.05) is 16.8 Å². The van der Waals surface area contributed by atoms with Gasteiger partial charge in [0.2, 0.25) is 10.0 Å². The quantitative estimate of drug-likeness (QED) is 0.592. The van der Waals surface area contributed by atoms with Gasteiger partial charge in [-0.15, -0.1) is 11.3 Å². The zero-order valence-corrected chi connectivity index (χ0v) is 16.6. The van der Waals surface area contributed by atoms with E-state index in [0.717, 1.165) is 15.3 Å². The second kappa shape index (κ2) is 7.75. The lowest BCUT2D eigenvalue weighted by Gasteiger charge is -2.08. The fourth-order valence-electron chi connectivity index (χ4n) is 2.16. The Balaban J connectivity index is 1.72. The van der Waals surface area contributed by atoms with Crippen LogP contribution in [0, 0.1) is 0 Å². The Bertz CT molecular complexity index is 968. The molecule has 2 heterocycles. The first kappa shape index (κ1) is 18.8. The van der Waals surface area contributed by atoms with Gasteiger partial charge in [-0.3, -0.25) is 0 Å². The van der Waals surface area contributed by atoms with Crippen molar-refractivity contribution in [3.05, 3.63) is 72.5 Å². The second-order valence-corrected chi connectivity index (χ2v) is 9.72. The molecule has 3 aromatic rings. The molecule has 4 nitrogen and oxygen atoms in total. The summed E-state index contributed by atoms with van der Waals surface area (Å²) in [6.45, 7) is 0.103. The van der Waals surface area contributed by atoms with Crippen LogP contribution in [0.25, 0.3) is 0 Å². The summed E-state index contributed by atoms with van der Waals surface area (Å²) in [5.74, 6) is 0. The van der Waals surface area contributed by atoms with Crippen LogP contribution >= 0.6 is 45.9 Å². The van der Waals surface area contributed by atoms with Crippen LogP contribution in [0.1, 0.15) is 21.4 Å². The van der Waals surface area contributed by atoms with Crippen molar-refractivity contribution in [2.75, 3.05) is 0 Å². The Hall–Kier alpha value is -0.930. The van der Waals surface area contributed by atoms with E-state index in [1.165, 1.54) is 40.9 Å². The molecule has 3 rings (SSSR count). The smallest absolute Gasteiger partial charge is 0.242 e. The highest BCUT2D eigenvalue weighted by molar-refractivity contribution is 7.89. The van der Waals surface area contributed by atoms with Crippen molar-refractivity contribution >= 4 is 55.9 Å². The van der Waals surface area contributed by atoms with Gasteiger partial charge in [-0.25, -0.2) is 13.1 Å². The number of sulfonamides is 1. The van der Waals surface area contributed by atoms with Gasteiger partial charge >= 0.3 is 0 Å². The van der Waals surface area contributed by atoms with Gasteiger partial charge in [0.15, 0.2) is 0 Å². The summed E-state index contributed by atoms with van der Waals surface area (Å²) in [5, 5.41) is 14.5. The van der Waals surface area contributed by atoms with Crippen LogP contribution in [0.4, 0.5) is 0 Å². The minimum absolute atomic E-state index is 0.0586. The lowest BCUT2D eigenvalue weighted by atomic mass is 10.2. The molecule has 1 aromatic carbocycles. The van der Waals surface area contributed by atoms with Gasteiger partial charge in [0.25, 0.3) is 0 Å². The molecule has 132 valence electrons. The van der Waals surface area contributed by atoms with E-state index >= 15 is 0 Å². The SMILES string of the molecule is O=S(=O)(NCc1ccc(C(O)c2ccsc2)s1)c1cc(Cl)ccc1Cl. The van der Waals surface area contributed by atoms with Crippen molar-refractivity contribution in [1.29, 1.82) is 0 Å². The molecule has 0 aliphatic carbocycles. The third-order valence-electron chi connectivity index (χ3n) is 3.43. The van der Waals surface area contributed by atoms with E-state index < -0.39 is 16.1 Å². The van der Waals surface area contributed by atoms with Crippen molar-refractivity contribution in [2.45, 2.75) is 17.5 Å². The second-order valence-electron chi connectivity index (χ2n) is 5.16. The average Bonchev–Trinajstić information content (AvgIpc) is 3.26. The highest BCUT2D eigenvalue weighted by Crippen LogP contribution is 2.30. The summed E-state index contributed by atoms with van der Waals surface area (Å²) >= 11 is 14.7. The molecule has 0 aliphatic heterocycles. The maximum atomic E-state index is 12.4. The maximum Gasteiger partial charge on any atom is 0.242 e. The molecule has 0 saturated heterocycles. The number of nitrogens with one attached hydrogen (secondary N) is 1. The highest BCUT2D eigenvalue weighted by atomic mass is 35.5. The fourth-order valence-corrected chi connectivity index (χ4v) is 5.66. The Kier molecular flexibility index (Phi) is 5.85. The number of benzene rings is 1. The predicted molar refractivity (Wildman–Crippen MR) is 103 cm³/mol. The van der Waals surface area contributed by atoms with Crippen molar-refractivity contribution in [2.24, 2.45) is 0 Å². The Morgan fingerprint density at radius 1 is 1.16 bits per heavy atom. The van der Waals surface area contributed by atoms with Crippen molar-refractivity contribution < 1.29 is 13.5 Å². The Morgan fingerprint density at radius 2 is 1.96 bits per heavy atom. The number of rotatable bonds is 6. The number of halogens is 2. The molecule has 0 aliphatic rings.